The lowest BCUT2D eigenvalue weighted by molar-refractivity contribution is -0.129. The van der Waals surface area contributed by atoms with Gasteiger partial charge in [0.1, 0.15) is 0 Å². The van der Waals surface area contributed by atoms with E-state index in [0.717, 1.165) is 23.1 Å². The molecule has 136 valence electrons. The van der Waals surface area contributed by atoms with Gasteiger partial charge in [0.25, 0.3) is 0 Å². The Bertz CT molecular complexity index is 769. The summed E-state index contributed by atoms with van der Waals surface area (Å²) in [6, 6.07) is 6.91. The third-order valence-electron chi connectivity index (χ3n) is 4.06. The smallest absolute Gasteiger partial charge is 0.274 e. The van der Waals surface area contributed by atoms with Crippen molar-refractivity contribution in [3.63, 3.8) is 0 Å². The molecule has 2 rings (SSSR count). The number of amides is 2. The van der Waals surface area contributed by atoms with E-state index in [2.05, 4.69) is 9.08 Å². The van der Waals surface area contributed by atoms with E-state index >= 15 is 0 Å². The van der Waals surface area contributed by atoms with Crippen LogP contribution < -0.4 is 4.72 Å². The highest BCUT2D eigenvalue weighted by atomic mass is 32.2. The van der Waals surface area contributed by atoms with Gasteiger partial charge in [-0.05, 0) is 26.0 Å². The zero-order valence-corrected chi connectivity index (χ0v) is 15.9. The number of rotatable bonds is 6. The van der Waals surface area contributed by atoms with Crippen LogP contribution in [0.3, 0.4) is 0 Å². The van der Waals surface area contributed by atoms with E-state index in [0.29, 0.717) is 6.42 Å². The molecule has 0 radical (unpaired) electrons. The molecule has 1 aromatic carbocycles. The topological polar surface area (TPSA) is 95.9 Å². The van der Waals surface area contributed by atoms with Crippen LogP contribution in [0.15, 0.2) is 28.6 Å². The van der Waals surface area contributed by atoms with Crippen molar-refractivity contribution in [2.75, 3.05) is 13.6 Å². The number of hydrogen-bond acceptors (Lipinski definition) is 7. The molecule has 25 heavy (non-hydrogen) atoms. The molecule has 7 nitrogen and oxygen atoms in total. The van der Waals surface area contributed by atoms with Gasteiger partial charge in [-0.3, -0.25) is 19.2 Å². The lowest BCUT2D eigenvalue weighted by Gasteiger charge is -2.19. The number of hydrogen-bond donors (Lipinski definition) is 1. The lowest BCUT2D eigenvalue weighted by atomic mass is 10.1. The zero-order chi connectivity index (χ0) is 18.6. The van der Waals surface area contributed by atoms with E-state index in [4.69, 9.17) is 0 Å². The van der Waals surface area contributed by atoms with Crippen molar-refractivity contribution in [1.82, 2.24) is 9.62 Å². The fourth-order valence-electron chi connectivity index (χ4n) is 2.86. The first kappa shape index (κ1) is 19.6. The first-order valence-corrected chi connectivity index (χ1v) is 9.81. The van der Waals surface area contributed by atoms with Crippen molar-refractivity contribution in [2.45, 2.75) is 32.2 Å². The molecule has 1 N–H and O–H groups in total. The average Bonchev–Trinajstić information content (AvgIpc) is 3.25. The Balaban J connectivity index is 2.29. The molecule has 0 aromatic heterocycles. The first-order valence-electron chi connectivity index (χ1n) is 7.96. The van der Waals surface area contributed by atoms with Crippen molar-refractivity contribution in [1.29, 1.82) is 0 Å². The van der Waals surface area contributed by atoms with E-state index < -0.39 is 27.7 Å². The zero-order valence-electron chi connectivity index (χ0n) is 14.3. The van der Waals surface area contributed by atoms with Crippen molar-refractivity contribution in [3.05, 3.63) is 35.4 Å². The second-order valence-corrected chi connectivity index (χ2v) is 7.44. The van der Waals surface area contributed by atoms with E-state index in [1.54, 1.807) is 7.05 Å². The minimum Gasteiger partial charge on any atom is -0.274 e. The molecule has 1 aromatic rings. The maximum Gasteiger partial charge on any atom is 0.311 e. The fraction of sp³-hybridized carbons (Fsp3) is 0.500. The number of benzene rings is 1. The van der Waals surface area contributed by atoms with Gasteiger partial charge in [0.15, 0.2) is 0 Å². The molecule has 2 amide bonds. The average molecular weight is 383 g/mol. The molecule has 9 heteroatoms. The molecule has 0 saturated heterocycles. The molecule has 0 spiro atoms. The van der Waals surface area contributed by atoms with Crippen molar-refractivity contribution in [2.24, 2.45) is 10.3 Å². The van der Waals surface area contributed by atoms with Crippen LogP contribution in [0, 0.1) is 12.8 Å². The highest BCUT2D eigenvalue weighted by Gasteiger charge is 2.58. The molecule has 0 heterocycles. The van der Waals surface area contributed by atoms with Gasteiger partial charge >= 0.3 is 15.7 Å². The molecule has 1 fully saturated rings. The molecule has 0 bridgehead atoms. The minimum atomic E-state index is -2.60. The van der Waals surface area contributed by atoms with E-state index in [1.807, 2.05) is 38.1 Å². The Morgan fingerprint density at radius 2 is 1.92 bits per heavy atom. The SMILES string of the molecule is CCCN(C(=O)SNC)C(=O)C1C(N=S(=O)=O)C1c1ccc(C)cc1. The molecule has 1 aliphatic rings. The summed E-state index contributed by atoms with van der Waals surface area (Å²) in [5, 5.41) is -0.397. The fourth-order valence-corrected chi connectivity index (χ4v) is 3.78. The number of carbonyl (C=O) groups is 2. The predicted octanol–water partition coefficient (Wildman–Crippen LogP) is 2.37. The second kappa shape index (κ2) is 8.59. The van der Waals surface area contributed by atoms with Gasteiger partial charge in [0.2, 0.25) is 5.91 Å². The van der Waals surface area contributed by atoms with Crippen LogP contribution in [-0.2, 0) is 15.3 Å². The molecule has 1 saturated carbocycles. The van der Waals surface area contributed by atoms with E-state index in [1.165, 1.54) is 4.90 Å². The Morgan fingerprint density at radius 1 is 1.28 bits per heavy atom. The lowest BCUT2D eigenvalue weighted by Crippen LogP contribution is -2.37. The molecule has 3 atom stereocenters. The summed E-state index contributed by atoms with van der Waals surface area (Å²) in [5.41, 5.74) is 1.93. The van der Waals surface area contributed by atoms with Gasteiger partial charge in [-0.1, -0.05) is 36.8 Å². The maximum absolute atomic E-state index is 12.9. The summed E-state index contributed by atoms with van der Waals surface area (Å²) in [5.74, 6) is -1.33. The van der Waals surface area contributed by atoms with Gasteiger partial charge in [-0.2, -0.15) is 12.8 Å². The Morgan fingerprint density at radius 3 is 2.44 bits per heavy atom. The van der Waals surface area contributed by atoms with Gasteiger partial charge in [-0.15, -0.1) is 0 Å². The summed E-state index contributed by atoms with van der Waals surface area (Å²) in [4.78, 5) is 26.2. The van der Waals surface area contributed by atoms with Gasteiger partial charge < -0.3 is 0 Å². The highest BCUT2D eigenvalue weighted by Crippen LogP contribution is 2.51. The third-order valence-corrected chi connectivity index (χ3v) is 5.07. The number of imide groups is 1. The summed E-state index contributed by atoms with van der Waals surface area (Å²) in [6.07, 6.45) is 0.624. The highest BCUT2D eigenvalue weighted by molar-refractivity contribution is 8.11. The van der Waals surface area contributed by atoms with Crippen LogP contribution in [0.2, 0.25) is 0 Å². The van der Waals surface area contributed by atoms with Crippen molar-refractivity contribution in [3.8, 4) is 0 Å². The summed E-state index contributed by atoms with van der Waals surface area (Å²) in [7, 11) is -0.999. The minimum absolute atomic E-state index is 0.288. The number of nitrogens with one attached hydrogen (secondary N) is 1. The third kappa shape index (κ3) is 4.68. The quantitative estimate of drug-likeness (QED) is 0.758. The van der Waals surface area contributed by atoms with Crippen LogP contribution in [0.5, 0.6) is 0 Å². The predicted molar refractivity (Wildman–Crippen MR) is 96.6 cm³/mol. The van der Waals surface area contributed by atoms with Gasteiger partial charge in [0, 0.05) is 24.4 Å². The van der Waals surface area contributed by atoms with Crippen LogP contribution in [-0.4, -0.2) is 44.1 Å². The van der Waals surface area contributed by atoms with Crippen LogP contribution in [0.4, 0.5) is 4.79 Å². The van der Waals surface area contributed by atoms with Gasteiger partial charge in [-0.25, -0.2) is 0 Å². The molecule has 3 unspecified atom stereocenters. The molecule has 0 aliphatic heterocycles. The van der Waals surface area contributed by atoms with Crippen LogP contribution >= 0.6 is 11.9 Å². The Hall–Kier alpha value is -1.71. The Kier molecular flexibility index (Phi) is 6.74. The monoisotopic (exact) mass is 383 g/mol. The molecular formula is C16H21N3O4S2. The summed E-state index contributed by atoms with van der Waals surface area (Å²) >= 11 is 0.831. The Labute approximate surface area is 153 Å². The number of carbonyl (C=O) groups excluding carboxylic acids is 2. The molecule has 1 aliphatic carbocycles. The normalized spacial score (nSPS) is 21.5. The molecular weight excluding hydrogens is 362 g/mol. The van der Waals surface area contributed by atoms with Crippen molar-refractivity contribution < 1.29 is 18.0 Å². The standard InChI is InChI=1S/C16H21N3O4S2/c1-4-9-19(16(21)24-17-3)15(20)13-12(14(13)18-25(22)23)11-7-5-10(2)6-8-11/h5-8,12-14,17H,4,9H2,1-3H3. The van der Waals surface area contributed by atoms with E-state index in [-0.39, 0.29) is 18.4 Å². The van der Waals surface area contributed by atoms with E-state index in [9.17, 15) is 18.0 Å². The van der Waals surface area contributed by atoms with Crippen molar-refractivity contribution >= 4 is 33.6 Å². The van der Waals surface area contributed by atoms with Gasteiger partial charge in [0.05, 0.1) is 12.0 Å². The maximum atomic E-state index is 12.9. The summed E-state index contributed by atoms with van der Waals surface area (Å²) < 4.78 is 28.3. The largest absolute Gasteiger partial charge is 0.311 e. The number of nitrogens with zero attached hydrogens (tertiary/aromatic N) is 2. The summed E-state index contributed by atoms with van der Waals surface area (Å²) in [6.45, 7) is 4.11. The van der Waals surface area contributed by atoms with Crippen LogP contribution in [0.25, 0.3) is 0 Å². The first-order chi connectivity index (χ1) is 11.9. The number of aryl methyl sites for hydroxylation is 1. The van der Waals surface area contributed by atoms with Crippen LogP contribution in [0.1, 0.15) is 30.4 Å². The second-order valence-electron chi connectivity index (χ2n) is 5.84.